The number of anilines is 1. The topological polar surface area (TPSA) is 79.3 Å². The largest absolute Gasteiger partial charge is 0.472 e. The van der Waals surface area contributed by atoms with Gasteiger partial charge < -0.3 is 4.74 Å². The number of hydrazone groups is 1. The zero-order valence-corrected chi connectivity index (χ0v) is 19.9. The molecule has 0 spiro atoms. The number of benzene rings is 2. The second kappa shape index (κ2) is 10.0. The lowest BCUT2D eigenvalue weighted by Crippen LogP contribution is -2.51. The SMILES string of the molecule is CCOC(=O)C1(C)CN(C(=O)N(C(=O)C(F)(F)F)c2ccc(C(F)(F)F)cc2)N=C1c1ccc(Cl)cc1. The van der Waals surface area contributed by atoms with E-state index in [1.54, 1.807) is 0 Å². The summed E-state index contributed by atoms with van der Waals surface area (Å²) in [5.41, 5.74) is -3.41. The molecular formula is C23H18ClF6N3O4. The van der Waals surface area contributed by atoms with E-state index >= 15 is 0 Å². The summed E-state index contributed by atoms with van der Waals surface area (Å²) in [7, 11) is 0. The van der Waals surface area contributed by atoms with E-state index in [0.717, 1.165) is 0 Å². The molecule has 198 valence electrons. The van der Waals surface area contributed by atoms with E-state index in [0.29, 0.717) is 39.9 Å². The summed E-state index contributed by atoms with van der Waals surface area (Å²) < 4.78 is 84.0. The number of rotatable bonds is 4. The molecule has 7 nitrogen and oxygen atoms in total. The highest BCUT2D eigenvalue weighted by molar-refractivity contribution is 6.30. The van der Waals surface area contributed by atoms with E-state index in [1.807, 2.05) is 0 Å². The first-order chi connectivity index (χ1) is 17.1. The Bertz CT molecular complexity index is 1230. The van der Waals surface area contributed by atoms with Crippen molar-refractivity contribution in [2.24, 2.45) is 10.5 Å². The van der Waals surface area contributed by atoms with E-state index in [1.165, 1.54) is 38.1 Å². The molecule has 0 saturated heterocycles. The number of hydrogen-bond acceptors (Lipinski definition) is 5. The van der Waals surface area contributed by atoms with Gasteiger partial charge in [-0.2, -0.15) is 31.4 Å². The minimum Gasteiger partial charge on any atom is -0.465 e. The predicted octanol–water partition coefficient (Wildman–Crippen LogP) is 5.66. The van der Waals surface area contributed by atoms with E-state index < -0.39 is 53.5 Å². The van der Waals surface area contributed by atoms with Gasteiger partial charge in [-0.25, -0.2) is 14.7 Å². The zero-order valence-electron chi connectivity index (χ0n) is 19.2. The fraction of sp³-hybridized carbons (Fsp3) is 0.304. The van der Waals surface area contributed by atoms with Crippen molar-refractivity contribution >= 4 is 40.9 Å². The number of urea groups is 1. The van der Waals surface area contributed by atoms with Gasteiger partial charge >= 0.3 is 30.3 Å². The maximum atomic E-state index is 13.4. The number of esters is 1. The van der Waals surface area contributed by atoms with Crippen LogP contribution in [0.2, 0.25) is 5.02 Å². The smallest absolute Gasteiger partial charge is 0.465 e. The maximum absolute atomic E-state index is 13.4. The van der Waals surface area contributed by atoms with Gasteiger partial charge in [0.2, 0.25) is 0 Å². The quantitative estimate of drug-likeness (QED) is 0.364. The number of imide groups is 1. The molecule has 2 aromatic carbocycles. The molecule has 1 aliphatic rings. The van der Waals surface area contributed by atoms with E-state index in [2.05, 4.69) is 5.10 Å². The van der Waals surface area contributed by atoms with E-state index in [4.69, 9.17) is 16.3 Å². The highest BCUT2D eigenvalue weighted by Crippen LogP contribution is 2.36. The maximum Gasteiger partial charge on any atom is 0.472 e. The van der Waals surface area contributed by atoms with E-state index in [9.17, 15) is 40.7 Å². The number of halogens is 7. The second-order valence-electron chi connectivity index (χ2n) is 8.03. The molecule has 0 aromatic heterocycles. The number of nitrogens with zero attached hydrogens (tertiary/aromatic N) is 3. The van der Waals surface area contributed by atoms with Crippen molar-refractivity contribution in [1.29, 1.82) is 0 Å². The summed E-state index contributed by atoms with van der Waals surface area (Å²) in [6.45, 7) is 2.19. The van der Waals surface area contributed by atoms with Crippen LogP contribution in [0.3, 0.4) is 0 Å². The number of amides is 3. The molecule has 3 amide bonds. The van der Waals surface area contributed by atoms with Crippen molar-refractivity contribution in [3.63, 3.8) is 0 Å². The Morgan fingerprint density at radius 2 is 1.59 bits per heavy atom. The summed E-state index contributed by atoms with van der Waals surface area (Å²) in [4.78, 5) is 37.9. The molecule has 1 atom stereocenters. The first-order valence-electron chi connectivity index (χ1n) is 10.5. The van der Waals surface area contributed by atoms with Gasteiger partial charge in [-0.3, -0.25) is 9.59 Å². The molecule has 3 rings (SSSR count). The Kier molecular flexibility index (Phi) is 7.59. The van der Waals surface area contributed by atoms with Crippen LogP contribution in [-0.4, -0.2) is 48.0 Å². The van der Waals surface area contributed by atoms with Crippen molar-refractivity contribution in [3.8, 4) is 0 Å². The van der Waals surface area contributed by atoms with Crippen LogP contribution in [0.4, 0.5) is 36.8 Å². The minimum absolute atomic E-state index is 0.0530. The number of alkyl halides is 6. The lowest BCUT2D eigenvalue weighted by molar-refractivity contribution is -0.169. The predicted molar refractivity (Wildman–Crippen MR) is 120 cm³/mol. The summed E-state index contributed by atoms with van der Waals surface area (Å²) in [5, 5.41) is 4.82. The molecule has 0 radical (unpaired) electrons. The first-order valence-corrected chi connectivity index (χ1v) is 10.9. The molecule has 0 aliphatic carbocycles. The van der Waals surface area contributed by atoms with E-state index in [-0.39, 0.29) is 17.2 Å². The Balaban J connectivity index is 2.09. The van der Waals surface area contributed by atoms with Crippen LogP contribution in [0, 0.1) is 5.41 Å². The molecule has 2 aromatic rings. The monoisotopic (exact) mass is 549 g/mol. The Labute approximate surface area is 211 Å². The van der Waals surface area contributed by atoms with Crippen LogP contribution < -0.4 is 4.90 Å². The fourth-order valence-electron chi connectivity index (χ4n) is 3.54. The number of hydrogen-bond donors (Lipinski definition) is 0. The number of ether oxygens (including phenoxy) is 1. The van der Waals surface area contributed by atoms with Gasteiger partial charge in [0, 0.05) is 5.02 Å². The molecule has 0 fully saturated rings. The van der Waals surface area contributed by atoms with Gasteiger partial charge in [0.1, 0.15) is 5.41 Å². The average molecular weight is 550 g/mol. The van der Waals surface area contributed by atoms with Crippen LogP contribution in [0.25, 0.3) is 0 Å². The highest BCUT2D eigenvalue weighted by Gasteiger charge is 2.52. The van der Waals surface area contributed by atoms with Crippen molar-refractivity contribution in [1.82, 2.24) is 5.01 Å². The van der Waals surface area contributed by atoms with Crippen molar-refractivity contribution in [2.75, 3.05) is 18.1 Å². The molecule has 1 unspecified atom stereocenters. The van der Waals surface area contributed by atoms with Crippen LogP contribution in [-0.2, 0) is 20.5 Å². The van der Waals surface area contributed by atoms with Crippen molar-refractivity contribution in [2.45, 2.75) is 26.2 Å². The Hall–Kier alpha value is -3.61. The molecule has 37 heavy (non-hydrogen) atoms. The average Bonchev–Trinajstić information content (AvgIpc) is 3.18. The van der Waals surface area contributed by atoms with Crippen LogP contribution >= 0.6 is 11.6 Å². The second-order valence-corrected chi connectivity index (χ2v) is 8.47. The summed E-state index contributed by atoms with van der Waals surface area (Å²) in [6, 6.07) is 6.14. The Morgan fingerprint density at radius 3 is 2.08 bits per heavy atom. The minimum atomic E-state index is -5.56. The third-order valence-electron chi connectivity index (χ3n) is 5.36. The molecule has 1 aliphatic heterocycles. The standard InChI is InChI=1S/C23H18ClF6N3O4/c1-3-37-19(35)21(2)12-32(31-17(21)13-4-8-15(24)9-5-13)20(36)33(18(34)23(28,29)30)16-10-6-14(7-11-16)22(25,26)27/h4-11H,3,12H2,1-2H3. The van der Waals surface area contributed by atoms with Crippen molar-refractivity contribution < 1.29 is 45.5 Å². The first kappa shape index (κ1) is 28.0. The highest BCUT2D eigenvalue weighted by atomic mass is 35.5. The van der Waals surface area contributed by atoms with Gasteiger partial charge in [0.25, 0.3) is 0 Å². The fourth-order valence-corrected chi connectivity index (χ4v) is 3.67. The molecule has 0 N–H and O–H groups in total. The molecule has 1 heterocycles. The molecule has 0 bridgehead atoms. The number of carbonyl (C=O) groups is 3. The van der Waals surface area contributed by atoms with Gasteiger partial charge in [0.05, 0.1) is 30.1 Å². The normalized spacial score (nSPS) is 17.9. The Morgan fingerprint density at radius 1 is 1.03 bits per heavy atom. The lowest BCUT2D eigenvalue weighted by atomic mass is 9.82. The van der Waals surface area contributed by atoms with Crippen molar-refractivity contribution in [3.05, 3.63) is 64.7 Å². The lowest BCUT2D eigenvalue weighted by Gasteiger charge is -2.27. The molecule has 14 heteroatoms. The van der Waals surface area contributed by atoms with Gasteiger partial charge in [-0.1, -0.05) is 23.7 Å². The molecule has 0 saturated carbocycles. The van der Waals surface area contributed by atoms with Crippen LogP contribution in [0.5, 0.6) is 0 Å². The summed E-state index contributed by atoms with van der Waals surface area (Å²) in [5.74, 6) is -3.51. The number of carbonyl (C=O) groups excluding carboxylic acids is 3. The van der Waals surface area contributed by atoms with Gasteiger partial charge in [0.15, 0.2) is 0 Å². The summed E-state index contributed by atoms with van der Waals surface area (Å²) in [6.07, 6.45) is -10.4. The van der Waals surface area contributed by atoms with Gasteiger partial charge in [-0.05, 0) is 55.8 Å². The van der Waals surface area contributed by atoms with Crippen LogP contribution in [0.1, 0.15) is 25.0 Å². The van der Waals surface area contributed by atoms with Crippen LogP contribution in [0.15, 0.2) is 53.6 Å². The third kappa shape index (κ3) is 5.71. The third-order valence-corrected chi connectivity index (χ3v) is 5.62. The summed E-state index contributed by atoms with van der Waals surface area (Å²) >= 11 is 5.89. The zero-order chi connectivity index (χ0) is 27.8. The van der Waals surface area contributed by atoms with Gasteiger partial charge in [-0.15, -0.1) is 0 Å². The molecular weight excluding hydrogens is 532 g/mol.